The molecule has 1 aromatic rings. The fraction of sp³-hybridized carbons (Fsp3) is 0.333. The van der Waals surface area contributed by atoms with Crippen LogP contribution in [0.25, 0.3) is 0 Å². The number of aryl methyl sites for hydroxylation is 2. The third kappa shape index (κ3) is 2.19. The quantitative estimate of drug-likeness (QED) is 0.738. The Balaban J connectivity index is 3.57. The molecule has 0 fully saturated rings. The SMILES string of the molecule is COc1cc(C)cc(C)c1S(=O)(=O)Cl. The summed E-state index contributed by atoms with van der Waals surface area (Å²) >= 11 is 0. The topological polar surface area (TPSA) is 43.4 Å². The molecule has 5 heteroatoms. The maximum atomic E-state index is 11.2. The van der Waals surface area contributed by atoms with Crippen LogP contribution in [-0.2, 0) is 9.05 Å². The minimum absolute atomic E-state index is 0.0484. The van der Waals surface area contributed by atoms with Gasteiger partial charge in [0, 0.05) is 10.7 Å². The molecule has 0 aliphatic rings. The largest absolute Gasteiger partial charge is 0.495 e. The number of hydrogen-bond donors (Lipinski definition) is 0. The Morgan fingerprint density at radius 1 is 1.29 bits per heavy atom. The number of hydrogen-bond acceptors (Lipinski definition) is 3. The first-order chi connectivity index (χ1) is 6.36. The highest BCUT2D eigenvalue weighted by Gasteiger charge is 2.19. The van der Waals surface area contributed by atoms with Crippen LogP contribution in [0.2, 0.25) is 0 Å². The lowest BCUT2D eigenvalue weighted by Gasteiger charge is -2.09. The van der Waals surface area contributed by atoms with Gasteiger partial charge in [-0.15, -0.1) is 0 Å². The summed E-state index contributed by atoms with van der Waals surface area (Å²) in [5.74, 6) is 0.289. The fourth-order valence-electron chi connectivity index (χ4n) is 1.38. The summed E-state index contributed by atoms with van der Waals surface area (Å²) in [6.45, 7) is 3.55. The second kappa shape index (κ2) is 3.79. The Kier molecular flexibility index (Phi) is 3.07. The standard InChI is InChI=1S/C9H11ClO3S/c1-6-4-7(2)9(14(10,11)12)8(5-6)13-3/h4-5H,1-3H3. The molecule has 78 valence electrons. The van der Waals surface area contributed by atoms with Gasteiger partial charge >= 0.3 is 0 Å². The van der Waals surface area contributed by atoms with Crippen molar-refractivity contribution >= 4 is 19.7 Å². The van der Waals surface area contributed by atoms with Crippen LogP contribution in [0.1, 0.15) is 11.1 Å². The fourth-order valence-corrected chi connectivity index (χ4v) is 2.80. The number of benzene rings is 1. The van der Waals surface area contributed by atoms with E-state index in [1.807, 2.05) is 6.92 Å². The first kappa shape index (κ1) is 11.3. The van der Waals surface area contributed by atoms with Gasteiger partial charge in [-0.25, -0.2) is 8.42 Å². The number of rotatable bonds is 2. The van der Waals surface area contributed by atoms with E-state index in [0.29, 0.717) is 5.56 Å². The van der Waals surface area contributed by atoms with Crippen molar-refractivity contribution in [3.05, 3.63) is 23.3 Å². The van der Waals surface area contributed by atoms with Crippen molar-refractivity contribution in [1.82, 2.24) is 0 Å². The zero-order valence-corrected chi connectivity index (χ0v) is 9.74. The molecule has 1 rings (SSSR count). The van der Waals surface area contributed by atoms with E-state index < -0.39 is 9.05 Å². The van der Waals surface area contributed by atoms with Gasteiger partial charge in [0.1, 0.15) is 10.6 Å². The zero-order valence-electron chi connectivity index (χ0n) is 8.17. The van der Waals surface area contributed by atoms with Crippen molar-refractivity contribution in [2.45, 2.75) is 18.7 Å². The minimum Gasteiger partial charge on any atom is -0.495 e. The summed E-state index contributed by atoms with van der Waals surface area (Å²) in [7, 11) is 2.96. The van der Waals surface area contributed by atoms with Gasteiger partial charge in [0.2, 0.25) is 0 Å². The Bertz CT molecular complexity index is 451. The summed E-state index contributed by atoms with van der Waals surface area (Å²) in [6, 6.07) is 3.39. The van der Waals surface area contributed by atoms with E-state index in [0.717, 1.165) is 5.56 Å². The molecule has 0 aromatic heterocycles. The van der Waals surface area contributed by atoms with Gasteiger partial charge in [-0.1, -0.05) is 6.07 Å². The normalized spacial score (nSPS) is 11.4. The minimum atomic E-state index is -3.75. The van der Waals surface area contributed by atoms with E-state index in [1.54, 1.807) is 19.1 Å². The van der Waals surface area contributed by atoms with E-state index in [1.165, 1.54) is 7.11 Å². The molecule has 0 unspecified atom stereocenters. The molecular formula is C9H11ClO3S. The van der Waals surface area contributed by atoms with Crippen molar-refractivity contribution in [2.24, 2.45) is 0 Å². The second-order valence-electron chi connectivity index (χ2n) is 3.05. The molecular weight excluding hydrogens is 224 g/mol. The molecule has 14 heavy (non-hydrogen) atoms. The van der Waals surface area contributed by atoms with Crippen molar-refractivity contribution in [1.29, 1.82) is 0 Å². The lowest BCUT2D eigenvalue weighted by molar-refractivity contribution is 0.402. The van der Waals surface area contributed by atoms with Crippen molar-refractivity contribution in [3.8, 4) is 5.75 Å². The van der Waals surface area contributed by atoms with Gasteiger partial charge in [-0.3, -0.25) is 0 Å². The van der Waals surface area contributed by atoms with E-state index in [2.05, 4.69) is 0 Å². The lowest BCUT2D eigenvalue weighted by Crippen LogP contribution is -1.99. The van der Waals surface area contributed by atoms with E-state index in [9.17, 15) is 8.42 Å². The second-order valence-corrected chi connectivity index (χ2v) is 5.55. The molecule has 1 aromatic carbocycles. The van der Waals surface area contributed by atoms with Crippen LogP contribution in [0.5, 0.6) is 5.75 Å². The van der Waals surface area contributed by atoms with Crippen LogP contribution in [0.15, 0.2) is 17.0 Å². The highest BCUT2D eigenvalue weighted by molar-refractivity contribution is 8.13. The van der Waals surface area contributed by atoms with Crippen molar-refractivity contribution < 1.29 is 13.2 Å². The molecule has 0 saturated carbocycles. The Morgan fingerprint density at radius 3 is 2.29 bits per heavy atom. The summed E-state index contributed by atoms with van der Waals surface area (Å²) in [5.41, 5.74) is 1.53. The average Bonchev–Trinajstić information content (AvgIpc) is 1.99. The van der Waals surface area contributed by atoms with E-state index in [-0.39, 0.29) is 10.6 Å². The molecule has 0 saturated heterocycles. The van der Waals surface area contributed by atoms with Gasteiger partial charge in [0.05, 0.1) is 7.11 Å². The molecule has 0 spiro atoms. The number of halogens is 1. The van der Waals surface area contributed by atoms with Gasteiger partial charge in [0.25, 0.3) is 9.05 Å². The average molecular weight is 235 g/mol. The maximum absolute atomic E-state index is 11.2. The summed E-state index contributed by atoms with van der Waals surface area (Å²) in [5, 5.41) is 0. The smallest absolute Gasteiger partial charge is 0.265 e. The lowest BCUT2D eigenvalue weighted by atomic mass is 10.1. The Morgan fingerprint density at radius 2 is 1.86 bits per heavy atom. The van der Waals surface area contributed by atoms with Gasteiger partial charge in [-0.2, -0.15) is 0 Å². The van der Waals surface area contributed by atoms with Crippen molar-refractivity contribution in [2.75, 3.05) is 7.11 Å². The predicted octanol–water partition coefficient (Wildman–Crippen LogP) is 2.24. The van der Waals surface area contributed by atoms with Crippen LogP contribution < -0.4 is 4.74 Å². The third-order valence-corrected chi connectivity index (χ3v) is 3.32. The Hall–Kier alpha value is -0.740. The van der Waals surface area contributed by atoms with Crippen LogP contribution in [0, 0.1) is 13.8 Å². The molecule has 0 amide bonds. The molecule has 0 heterocycles. The van der Waals surface area contributed by atoms with Crippen LogP contribution >= 0.6 is 10.7 Å². The van der Waals surface area contributed by atoms with Gasteiger partial charge < -0.3 is 4.74 Å². The molecule has 0 bridgehead atoms. The summed E-state index contributed by atoms with van der Waals surface area (Å²) in [6.07, 6.45) is 0. The van der Waals surface area contributed by atoms with Crippen molar-refractivity contribution in [3.63, 3.8) is 0 Å². The summed E-state index contributed by atoms with van der Waals surface area (Å²) < 4.78 is 27.4. The van der Waals surface area contributed by atoms with Gasteiger partial charge in [-0.05, 0) is 31.0 Å². The van der Waals surface area contributed by atoms with Gasteiger partial charge in [0.15, 0.2) is 0 Å². The number of methoxy groups -OCH3 is 1. The maximum Gasteiger partial charge on any atom is 0.265 e. The molecule has 3 nitrogen and oxygen atoms in total. The Labute approximate surface area is 88.1 Å². The molecule has 0 aliphatic heterocycles. The highest BCUT2D eigenvalue weighted by atomic mass is 35.7. The zero-order chi connectivity index (χ0) is 10.9. The summed E-state index contributed by atoms with van der Waals surface area (Å²) in [4.78, 5) is 0.0484. The monoisotopic (exact) mass is 234 g/mol. The molecule has 0 radical (unpaired) electrons. The van der Waals surface area contributed by atoms with Crippen LogP contribution in [-0.4, -0.2) is 15.5 Å². The molecule has 0 N–H and O–H groups in total. The van der Waals surface area contributed by atoms with Crippen LogP contribution in [0.4, 0.5) is 0 Å². The van der Waals surface area contributed by atoms with E-state index in [4.69, 9.17) is 15.4 Å². The van der Waals surface area contributed by atoms with E-state index >= 15 is 0 Å². The molecule has 0 aliphatic carbocycles. The highest BCUT2D eigenvalue weighted by Crippen LogP contribution is 2.31. The van der Waals surface area contributed by atoms with Crippen LogP contribution in [0.3, 0.4) is 0 Å². The first-order valence-corrected chi connectivity index (χ1v) is 6.27. The predicted molar refractivity (Wildman–Crippen MR) is 55.5 cm³/mol. The third-order valence-electron chi connectivity index (χ3n) is 1.85. The number of ether oxygens (including phenoxy) is 1. The first-order valence-electron chi connectivity index (χ1n) is 3.96. The molecule has 0 atom stereocenters.